The third kappa shape index (κ3) is 10.4. The van der Waals surface area contributed by atoms with Crippen LogP contribution in [0.5, 0.6) is 0 Å². The molecule has 5 aromatic carbocycles. The van der Waals surface area contributed by atoms with Crippen LogP contribution in [-0.4, -0.2) is 15.9 Å². The summed E-state index contributed by atoms with van der Waals surface area (Å²) in [6.45, 7) is 17.0. The van der Waals surface area contributed by atoms with Gasteiger partial charge in [-0.2, -0.15) is 0 Å². The molecule has 6 aromatic rings. The number of hydrogen-bond donors (Lipinski definition) is 1. The van der Waals surface area contributed by atoms with Crippen LogP contribution in [0.2, 0.25) is 0 Å². The van der Waals surface area contributed by atoms with E-state index < -0.39 is 0 Å². The monoisotopic (exact) mass is 895 g/mol. The predicted octanol–water partition coefficient (Wildman–Crippen LogP) is 14.0. The zero-order chi connectivity index (χ0) is 38.1. The van der Waals surface area contributed by atoms with Gasteiger partial charge in [0.2, 0.25) is 0 Å². The average Bonchev–Trinajstić information content (AvgIpc) is 3.16. The molecule has 0 amide bonds. The molecular formula is C50H56IrNO2-. The number of rotatable bonds is 11. The molecule has 0 saturated carbocycles. The molecule has 6 rings (SSSR count). The Labute approximate surface area is 337 Å². The number of carbonyl (C=O) groups is 1. The van der Waals surface area contributed by atoms with E-state index in [-0.39, 0.29) is 48.9 Å². The molecule has 0 spiro atoms. The molecule has 4 heteroatoms. The van der Waals surface area contributed by atoms with Gasteiger partial charge in [0.25, 0.3) is 0 Å². The minimum atomic E-state index is 0. The molecule has 283 valence electrons. The van der Waals surface area contributed by atoms with Crippen molar-refractivity contribution in [2.24, 2.45) is 17.3 Å². The maximum absolute atomic E-state index is 11.7. The SMILES string of the molecule is CCC(CC)C(=O)/C=C(\O)C(CC)CC.Cc1cnc(-c2[c-]cc(-c3cc4ccccc4c4ccccc34)cc2)cc1-c1ccc(CC(C)(C)C)cc1.[Ir]. The van der Waals surface area contributed by atoms with Crippen molar-refractivity contribution in [3.05, 3.63) is 138 Å². The number of allylic oxidation sites excluding steroid dienone is 2. The van der Waals surface area contributed by atoms with Gasteiger partial charge in [0.1, 0.15) is 0 Å². The molecule has 54 heavy (non-hydrogen) atoms. The maximum Gasteiger partial charge on any atom is 0.162 e. The normalized spacial score (nSPS) is 11.8. The number of aromatic nitrogens is 1. The smallest absolute Gasteiger partial charge is 0.162 e. The Hall–Kier alpha value is -4.37. The van der Waals surface area contributed by atoms with Gasteiger partial charge in [-0.1, -0.05) is 145 Å². The molecule has 0 bridgehead atoms. The summed E-state index contributed by atoms with van der Waals surface area (Å²) in [4.78, 5) is 16.5. The quantitative estimate of drug-likeness (QED) is 0.0610. The van der Waals surface area contributed by atoms with Gasteiger partial charge in [-0.05, 0) is 93.9 Å². The molecule has 0 aliphatic rings. The van der Waals surface area contributed by atoms with Gasteiger partial charge in [-0.15, -0.1) is 29.8 Å². The largest absolute Gasteiger partial charge is 0.512 e. The summed E-state index contributed by atoms with van der Waals surface area (Å²) in [5.74, 6) is 0.547. The Balaban J connectivity index is 0.000000347. The van der Waals surface area contributed by atoms with Gasteiger partial charge in [0.05, 0.1) is 5.76 Å². The van der Waals surface area contributed by atoms with E-state index in [0.717, 1.165) is 48.9 Å². The fourth-order valence-electron chi connectivity index (χ4n) is 7.22. The second-order valence-corrected chi connectivity index (χ2v) is 15.5. The molecule has 1 N–H and O–H groups in total. The van der Waals surface area contributed by atoms with E-state index in [4.69, 9.17) is 4.98 Å². The van der Waals surface area contributed by atoms with Crippen molar-refractivity contribution in [2.45, 2.75) is 87.5 Å². The average molecular weight is 895 g/mol. The third-order valence-electron chi connectivity index (χ3n) is 10.4. The van der Waals surface area contributed by atoms with Crippen molar-refractivity contribution in [2.75, 3.05) is 0 Å². The standard InChI is InChI=1S/C37H32N.C13H24O2.Ir/c1-25-24-38-36(22-34(25)27-15-13-26(14-16-27)23-37(2,3)4)29-19-17-28(18-20-29)35-21-30-9-5-6-10-31(30)32-11-7-8-12-33(32)35;1-5-10(6-2)12(14)9-13(15)11(7-3)8-4;/h5-19,21-22,24H,23H2,1-4H3;9-11,14H,5-8H2,1-4H3;/q-1;;/b;12-9-;. The van der Waals surface area contributed by atoms with E-state index in [1.165, 1.54) is 55.4 Å². The Morgan fingerprint density at radius 1 is 0.741 bits per heavy atom. The van der Waals surface area contributed by atoms with E-state index in [1.54, 1.807) is 0 Å². The van der Waals surface area contributed by atoms with Crippen LogP contribution in [-0.2, 0) is 31.3 Å². The fourth-order valence-corrected chi connectivity index (χ4v) is 7.22. The Morgan fingerprint density at radius 2 is 1.33 bits per heavy atom. The van der Waals surface area contributed by atoms with Crippen LogP contribution in [0.15, 0.2) is 121 Å². The zero-order valence-electron chi connectivity index (χ0n) is 33.3. The molecule has 0 atom stereocenters. The number of pyridine rings is 1. The van der Waals surface area contributed by atoms with E-state index in [9.17, 15) is 9.90 Å². The van der Waals surface area contributed by atoms with Crippen LogP contribution >= 0.6 is 0 Å². The van der Waals surface area contributed by atoms with Gasteiger partial charge in [0, 0.05) is 44.2 Å². The van der Waals surface area contributed by atoms with Crippen molar-refractivity contribution in [1.29, 1.82) is 0 Å². The summed E-state index contributed by atoms with van der Waals surface area (Å²) in [6.07, 6.45) is 7.96. The second kappa shape index (κ2) is 19.3. The first-order chi connectivity index (χ1) is 25.5. The van der Waals surface area contributed by atoms with E-state index in [0.29, 0.717) is 0 Å². The topological polar surface area (TPSA) is 50.2 Å². The Bertz CT molecular complexity index is 2170. The van der Waals surface area contributed by atoms with Crippen LogP contribution in [0.25, 0.3) is 55.1 Å². The predicted molar refractivity (Wildman–Crippen MR) is 226 cm³/mol. The number of fused-ring (bicyclic) bond motifs is 3. The van der Waals surface area contributed by atoms with Crippen molar-refractivity contribution >= 4 is 27.3 Å². The minimum absolute atomic E-state index is 0. The molecule has 0 saturated heterocycles. The van der Waals surface area contributed by atoms with E-state index in [1.807, 2.05) is 33.9 Å². The van der Waals surface area contributed by atoms with Crippen molar-refractivity contribution in [3.63, 3.8) is 0 Å². The first-order valence-corrected chi connectivity index (χ1v) is 19.4. The summed E-state index contributed by atoms with van der Waals surface area (Å²) in [7, 11) is 0. The molecule has 1 radical (unpaired) electrons. The number of ketones is 1. The van der Waals surface area contributed by atoms with Crippen LogP contribution in [0.3, 0.4) is 0 Å². The summed E-state index contributed by atoms with van der Waals surface area (Å²) < 4.78 is 0. The zero-order valence-corrected chi connectivity index (χ0v) is 35.7. The maximum atomic E-state index is 11.7. The van der Waals surface area contributed by atoms with Gasteiger partial charge < -0.3 is 10.1 Å². The van der Waals surface area contributed by atoms with Gasteiger partial charge in [-0.3, -0.25) is 4.79 Å². The number of benzene rings is 5. The first kappa shape index (κ1) is 42.4. The van der Waals surface area contributed by atoms with Crippen LogP contribution in [0, 0.1) is 30.2 Å². The van der Waals surface area contributed by atoms with E-state index in [2.05, 4.69) is 137 Å². The van der Waals surface area contributed by atoms with Gasteiger partial charge >= 0.3 is 0 Å². The molecule has 1 heterocycles. The number of carbonyl (C=O) groups excluding carboxylic acids is 1. The Kier molecular flexibility index (Phi) is 15.1. The molecule has 0 aliphatic carbocycles. The Morgan fingerprint density at radius 3 is 1.93 bits per heavy atom. The molecule has 0 fully saturated rings. The number of nitrogens with zero attached hydrogens (tertiary/aromatic N) is 1. The summed E-state index contributed by atoms with van der Waals surface area (Å²) in [6, 6.07) is 40.8. The first-order valence-electron chi connectivity index (χ1n) is 19.4. The van der Waals surface area contributed by atoms with Crippen molar-refractivity contribution in [3.8, 4) is 33.5 Å². The molecular weight excluding hydrogens is 839 g/mol. The van der Waals surface area contributed by atoms with Crippen LogP contribution in [0.4, 0.5) is 0 Å². The fraction of sp³-hybridized carbons (Fsp3) is 0.320. The van der Waals surface area contributed by atoms with Crippen molar-refractivity contribution < 1.29 is 30.0 Å². The molecule has 0 unspecified atom stereocenters. The molecule has 0 aliphatic heterocycles. The minimum Gasteiger partial charge on any atom is -0.512 e. The number of hydrogen-bond acceptors (Lipinski definition) is 3. The van der Waals surface area contributed by atoms with Crippen molar-refractivity contribution in [1.82, 2.24) is 4.98 Å². The molecule has 3 nitrogen and oxygen atoms in total. The summed E-state index contributed by atoms with van der Waals surface area (Å²) >= 11 is 0. The van der Waals surface area contributed by atoms with Gasteiger partial charge in [0.15, 0.2) is 5.78 Å². The summed E-state index contributed by atoms with van der Waals surface area (Å²) in [5, 5.41) is 14.8. The number of aliphatic hydroxyl groups is 1. The third-order valence-corrected chi connectivity index (χ3v) is 10.4. The second-order valence-electron chi connectivity index (χ2n) is 15.5. The molecule has 1 aromatic heterocycles. The van der Waals surface area contributed by atoms with E-state index >= 15 is 0 Å². The summed E-state index contributed by atoms with van der Waals surface area (Å²) in [5.41, 5.74) is 9.62. The van der Waals surface area contributed by atoms with Gasteiger partial charge in [-0.25, -0.2) is 0 Å². The van der Waals surface area contributed by atoms with Crippen LogP contribution < -0.4 is 0 Å². The number of aliphatic hydroxyl groups excluding tert-OH is 1. The number of aryl methyl sites for hydroxylation is 1. The van der Waals surface area contributed by atoms with Crippen LogP contribution in [0.1, 0.15) is 85.3 Å².